The van der Waals surface area contributed by atoms with E-state index in [1.165, 1.54) is 22.6 Å². The van der Waals surface area contributed by atoms with Crippen LogP contribution in [0, 0.1) is 13.7 Å². The van der Waals surface area contributed by atoms with E-state index in [1.807, 2.05) is 0 Å². The second kappa shape index (κ2) is 4.89. The molecule has 0 amide bonds. The molecule has 1 aromatic heterocycles. The topological polar surface area (TPSA) is 74.5 Å². The first-order chi connectivity index (χ1) is 7.74. The Balaban J connectivity index is 3.24. The molecule has 0 aliphatic heterocycles. The molecule has 0 N–H and O–H groups in total. The monoisotopic (exact) mass is 364 g/mol. The summed E-state index contributed by atoms with van der Waals surface area (Å²) in [5.41, 5.74) is 0. The SMILES string of the molecule is COc1nc([N+](=O)[O-])c(I)cc1OC(F)(F)F. The van der Waals surface area contributed by atoms with Gasteiger partial charge >= 0.3 is 18.1 Å². The van der Waals surface area contributed by atoms with Gasteiger partial charge < -0.3 is 19.6 Å². The van der Waals surface area contributed by atoms with Gasteiger partial charge in [0.05, 0.1) is 7.11 Å². The van der Waals surface area contributed by atoms with Gasteiger partial charge in [-0.1, -0.05) is 0 Å². The normalized spacial score (nSPS) is 11.1. The smallest absolute Gasteiger partial charge is 0.460 e. The first kappa shape index (κ1) is 13.7. The predicted molar refractivity (Wildman–Crippen MR) is 56.8 cm³/mol. The number of ether oxygens (including phenoxy) is 2. The van der Waals surface area contributed by atoms with Gasteiger partial charge in [0.1, 0.15) is 3.57 Å². The van der Waals surface area contributed by atoms with Gasteiger partial charge in [-0.2, -0.15) is 0 Å². The van der Waals surface area contributed by atoms with Crippen molar-refractivity contribution in [3.8, 4) is 11.6 Å². The molecule has 0 aliphatic rings. The summed E-state index contributed by atoms with van der Waals surface area (Å²) >= 11 is 1.48. The van der Waals surface area contributed by atoms with E-state index in [2.05, 4.69) is 14.5 Å². The molecule has 10 heteroatoms. The Kier molecular flexibility index (Phi) is 3.95. The second-order valence-corrected chi connectivity index (χ2v) is 3.77. The second-order valence-electron chi connectivity index (χ2n) is 2.61. The third kappa shape index (κ3) is 3.57. The molecule has 0 unspecified atom stereocenters. The van der Waals surface area contributed by atoms with Gasteiger partial charge in [-0.05, 0) is 27.5 Å². The maximum Gasteiger partial charge on any atom is 0.573 e. The van der Waals surface area contributed by atoms with Gasteiger partial charge in [0.25, 0.3) is 0 Å². The van der Waals surface area contributed by atoms with Gasteiger partial charge in [0.15, 0.2) is 0 Å². The fraction of sp³-hybridized carbons (Fsp3) is 0.286. The van der Waals surface area contributed by atoms with E-state index in [4.69, 9.17) is 0 Å². The van der Waals surface area contributed by atoms with E-state index in [0.717, 1.165) is 13.2 Å². The van der Waals surface area contributed by atoms with Crippen molar-refractivity contribution >= 4 is 28.4 Å². The van der Waals surface area contributed by atoms with Crippen LogP contribution in [-0.2, 0) is 0 Å². The largest absolute Gasteiger partial charge is 0.573 e. The third-order valence-corrected chi connectivity index (χ3v) is 2.28. The standard InChI is InChI=1S/C7H4F3IN2O4/c1-16-6-4(17-7(8,9)10)2-3(11)5(12-6)13(14)15/h2H,1H3. The fourth-order valence-electron chi connectivity index (χ4n) is 0.918. The Morgan fingerprint density at radius 3 is 2.53 bits per heavy atom. The Bertz CT molecular complexity index is 451. The average molecular weight is 364 g/mol. The molecule has 1 rings (SSSR count). The van der Waals surface area contributed by atoms with Gasteiger partial charge in [-0.25, -0.2) is 0 Å². The third-order valence-electron chi connectivity index (χ3n) is 1.48. The number of alkyl halides is 3. The molecule has 0 saturated heterocycles. The lowest BCUT2D eigenvalue weighted by Crippen LogP contribution is -2.18. The number of hydrogen-bond acceptors (Lipinski definition) is 5. The number of rotatable bonds is 3. The Morgan fingerprint density at radius 2 is 2.12 bits per heavy atom. The van der Waals surface area contributed by atoms with Gasteiger partial charge in [0.2, 0.25) is 5.75 Å². The predicted octanol–water partition coefficient (Wildman–Crippen LogP) is 2.50. The fourth-order valence-corrected chi connectivity index (χ4v) is 1.52. The highest BCUT2D eigenvalue weighted by molar-refractivity contribution is 14.1. The van der Waals surface area contributed by atoms with Crippen LogP contribution in [0.3, 0.4) is 0 Å². The van der Waals surface area contributed by atoms with Crippen LogP contribution in [0.4, 0.5) is 19.0 Å². The van der Waals surface area contributed by atoms with Crippen LogP contribution in [0.2, 0.25) is 0 Å². The lowest BCUT2D eigenvalue weighted by atomic mass is 10.4. The highest BCUT2D eigenvalue weighted by atomic mass is 127. The number of halogens is 4. The molecule has 0 aliphatic carbocycles. The molecule has 1 aromatic rings. The van der Waals surface area contributed by atoms with Crippen molar-refractivity contribution in [2.45, 2.75) is 6.36 Å². The van der Waals surface area contributed by atoms with Crippen molar-refractivity contribution < 1.29 is 27.6 Å². The number of pyridine rings is 1. The minimum atomic E-state index is -4.92. The van der Waals surface area contributed by atoms with E-state index >= 15 is 0 Å². The lowest BCUT2D eigenvalue weighted by molar-refractivity contribution is -0.390. The summed E-state index contributed by atoms with van der Waals surface area (Å²) in [4.78, 5) is 13.0. The summed E-state index contributed by atoms with van der Waals surface area (Å²) in [5, 5.41) is 10.5. The number of nitro groups is 1. The first-order valence-corrected chi connectivity index (χ1v) is 4.97. The zero-order valence-corrected chi connectivity index (χ0v) is 10.3. The summed E-state index contributed by atoms with van der Waals surface area (Å²) in [7, 11) is 1.03. The molecule has 0 aromatic carbocycles. The van der Waals surface area contributed by atoms with Crippen LogP contribution in [0.5, 0.6) is 11.6 Å². The molecular weight excluding hydrogens is 360 g/mol. The molecule has 0 spiro atoms. The number of nitrogens with zero attached hydrogens (tertiary/aromatic N) is 2. The first-order valence-electron chi connectivity index (χ1n) is 3.89. The summed E-state index contributed by atoms with van der Waals surface area (Å²) in [6, 6.07) is 0.831. The minimum Gasteiger partial charge on any atom is -0.460 e. The van der Waals surface area contributed by atoms with Crippen molar-refractivity contribution in [2.24, 2.45) is 0 Å². The van der Waals surface area contributed by atoms with E-state index in [9.17, 15) is 23.3 Å². The summed E-state index contributed by atoms with van der Waals surface area (Å²) in [6.45, 7) is 0. The average Bonchev–Trinajstić information content (AvgIpc) is 2.14. The molecule has 94 valence electrons. The molecule has 0 saturated carbocycles. The van der Waals surface area contributed by atoms with Crippen LogP contribution in [0.25, 0.3) is 0 Å². The van der Waals surface area contributed by atoms with E-state index < -0.39 is 28.7 Å². The number of aromatic nitrogens is 1. The Hall–Kier alpha value is -1.33. The Labute approximate surface area is 106 Å². The number of methoxy groups -OCH3 is 1. The molecular formula is C7H4F3IN2O4. The van der Waals surface area contributed by atoms with Crippen molar-refractivity contribution in [3.63, 3.8) is 0 Å². The van der Waals surface area contributed by atoms with Crippen LogP contribution in [0.15, 0.2) is 6.07 Å². The van der Waals surface area contributed by atoms with Crippen molar-refractivity contribution in [1.29, 1.82) is 0 Å². The summed E-state index contributed by atoms with van der Waals surface area (Å²) in [5.74, 6) is -1.93. The van der Waals surface area contributed by atoms with E-state index in [1.54, 1.807) is 0 Å². The highest BCUT2D eigenvalue weighted by Gasteiger charge is 2.35. The van der Waals surface area contributed by atoms with Crippen molar-refractivity contribution in [1.82, 2.24) is 4.98 Å². The van der Waals surface area contributed by atoms with Gasteiger partial charge in [-0.3, -0.25) is 0 Å². The maximum absolute atomic E-state index is 12.0. The highest BCUT2D eigenvalue weighted by Crippen LogP contribution is 2.34. The van der Waals surface area contributed by atoms with Crippen molar-refractivity contribution in [3.05, 3.63) is 19.8 Å². The minimum absolute atomic E-state index is 0.0901. The zero-order chi connectivity index (χ0) is 13.2. The van der Waals surface area contributed by atoms with Crippen LogP contribution in [0.1, 0.15) is 0 Å². The molecule has 0 radical (unpaired) electrons. The van der Waals surface area contributed by atoms with E-state index in [-0.39, 0.29) is 3.57 Å². The summed E-state index contributed by atoms with van der Waals surface area (Å²) in [6.07, 6.45) is -4.92. The van der Waals surface area contributed by atoms with Crippen LogP contribution < -0.4 is 9.47 Å². The lowest BCUT2D eigenvalue weighted by Gasteiger charge is -2.09. The Morgan fingerprint density at radius 1 is 1.53 bits per heavy atom. The molecule has 6 nitrogen and oxygen atoms in total. The quantitative estimate of drug-likeness (QED) is 0.468. The molecule has 17 heavy (non-hydrogen) atoms. The number of hydrogen-bond donors (Lipinski definition) is 0. The molecule has 1 heterocycles. The molecule has 0 fully saturated rings. The van der Waals surface area contributed by atoms with Crippen LogP contribution in [-0.4, -0.2) is 23.4 Å². The maximum atomic E-state index is 12.0. The molecule has 0 atom stereocenters. The van der Waals surface area contributed by atoms with Crippen molar-refractivity contribution in [2.75, 3.05) is 7.11 Å². The molecule has 0 bridgehead atoms. The zero-order valence-electron chi connectivity index (χ0n) is 8.12. The van der Waals surface area contributed by atoms with Gasteiger partial charge in [-0.15, -0.1) is 13.2 Å². The van der Waals surface area contributed by atoms with Crippen LogP contribution >= 0.6 is 22.6 Å². The summed E-state index contributed by atoms with van der Waals surface area (Å²) < 4.78 is 44.0. The van der Waals surface area contributed by atoms with E-state index in [0.29, 0.717) is 0 Å². The van der Waals surface area contributed by atoms with Gasteiger partial charge in [0, 0.05) is 11.1 Å².